The number of benzene rings is 1. The van der Waals surface area contributed by atoms with Gasteiger partial charge in [-0.2, -0.15) is 15.4 Å². The minimum Gasteiger partial charge on any atom is -0.234 e. The summed E-state index contributed by atoms with van der Waals surface area (Å²) in [6, 6.07) is 11.3. The second-order valence-corrected chi connectivity index (χ2v) is 3.36. The van der Waals surface area contributed by atoms with Crippen molar-refractivity contribution in [2.24, 2.45) is 10.2 Å². The van der Waals surface area contributed by atoms with Gasteiger partial charge in [-0.1, -0.05) is 18.2 Å². The first-order chi connectivity index (χ1) is 8.43. The van der Waals surface area contributed by atoms with E-state index in [2.05, 4.69) is 30.6 Å². The molecule has 3 aromatic rings. The Morgan fingerprint density at radius 2 is 1.82 bits per heavy atom. The minimum atomic E-state index is 0.537. The molecule has 0 spiro atoms. The van der Waals surface area contributed by atoms with Crippen LogP contribution in [0.3, 0.4) is 0 Å². The topological polar surface area (TPSA) is 79.2 Å². The molecule has 6 heteroatoms. The molecule has 2 aromatic heterocycles. The highest BCUT2D eigenvalue weighted by Gasteiger charge is 2.04. The molecular weight excluding hydrogens is 216 g/mol. The molecule has 6 nitrogen and oxygen atoms in total. The number of hydrogen-bond acceptors (Lipinski definition) is 5. The van der Waals surface area contributed by atoms with Crippen LogP contribution in [0, 0.1) is 0 Å². The molecule has 0 fully saturated rings. The SMILES string of the molecule is c1ccc(N=Nc2ccnc3n[nH]nc23)cc1. The largest absolute Gasteiger partial charge is 0.234 e. The smallest absolute Gasteiger partial charge is 0.203 e. The van der Waals surface area contributed by atoms with Crippen molar-refractivity contribution < 1.29 is 0 Å². The van der Waals surface area contributed by atoms with Crippen molar-refractivity contribution in [3.63, 3.8) is 0 Å². The number of H-pyrrole nitrogens is 1. The molecule has 0 aliphatic carbocycles. The third-order valence-corrected chi connectivity index (χ3v) is 2.23. The van der Waals surface area contributed by atoms with E-state index in [9.17, 15) is 0 Å². The summed E-state index contributed by atoms with van der Waals surface area (Å²) in [7, 11) is 0. The van der Waals surface area contributed by atoms with E-state index in [0.717, 1.165) is 5.69 Å². The molecule has 0 unspecified atom stereocenters. The van der Waals surface area contributed by atoms with Crippen molar-refractivity contribution in [1.82, 2.24) is 20.4 Å². The van der Waals surface area contributed by atoms with Gasteiger partial charge in [0.2, 0.25) is 5.65 Å². The minimum absolute atomic E-state index is 0.537. The Morgan fingerprint density at radius 1 is 0.941 bits per heavy atom. The lowest BCUT2D eigenvalue weighted by molar-refractivity contribution is 0.954. The van der Waals surface area contributed by atoms with Crippen LogP contribution in [0.5, 0.6) is 0 Å². The molecule has 1 N–H and O–H groups in total. The summed E-state index contributed by atoms with van der Waals surface area (Å²) in [5.41, 5.74) is 2.59. The Bertz CT molecular complexity index is 658. The number of nitrogens with zero attached hydrogens (tertiary/aromatic N) is 5. The van der Waals surface area contributed by atoms with Gasteiger partial charge in [0.05, 0.1) is 5.69 Å². The molecule has 17 heavy (non-hydrogen) atoms. The zero-order valence-corrected chi connectivity index (χ0v) is 8.78. The molecule has 3 rings (SSSR count). The Labute approximate surface area is 96.4 Å². The summed E-state index contributed by atoms with van der Waals surface area (Å²) in [6.45, 7) is 0. The van der Waals surface area contributed by atoms with E-state index in [1.165, 1.54) is 0 Å². The molecule has 0 atom stereocenters. The van der Waals surface area contributed by atoms with Crippen LogP contribution in [-0.2, 0) is 0 Å². The van der Waals surface area contributed by atoms with Crippen LogP contribution in [0.4, 0.5) is 11.4 Å². The van der Waals surface area contributed by atoms with Gasteiger partial charge in [0, 0.05) is 6.20 Å². The first-order valence-electron chi connectivity index (χ1n) is 5.06. The van der Waals surface area contributed by atoms with Gasteiger partial charge in [-0.3, -0.25) is 0 Å². The van der Waals surface area contributed by atoms with Gasteiger partial charge in [0.25, 0.3) is 0 Å². The molecule has 0 saturated heterocycles. The number of azo groups is 1. The van der Waals surface area contributed by atoms with Gasteiger partial charge in [0.15, 0.2) is 5.52 Å². The fourth-order valence-electron chi connectivity index (χ4n) is 1.43. The van der Waals surface area contributed by atoms with Crippen molar-refractivity contribution in [1.29, 1.82) is 0 Å². The monoisotopic (exact) mass is 224 g/mol. The highest BCUT2D eigenvalue weighted by atomic mass is 15.3. The lowest BCUT2D eigenvalue weighted by atomic mass is 10.3. The zero-order valence-electron chi connectivity index (χ0n) is 8.78. The standard InChI is InChI=1S/C11H8N6/c1-2-4-8(5-3-1)13-14-9-6-7-12-11-10(9)15-17-16-11/h1-7H,(H,12,15,16,17). The summed E-state index contributed by atoms with van der Waals surface area (Å²) < 4.78 is 0. The predicted octanol–water partition coefficient (Wildman–Crippen LogP) is 2.77. The Kier molecular flexibility index (Phi) is 2.31. The van der Waals surface area contributed by atoms with Crippen LogP contribution < -0.4 is 0 Å². The number of fused-ring (bicyclic) bond motifs is 1. The third-order valence-electron chi connectivity index (χ3n) is 2.23. The maximum absolute atomic E-state index is 4.14. The van der Waals surface area contributed by atoms with Gasteiger partial charge in [-0.25, -0.2) is 4.98 Å². The Balaban J connectivity index is 2.00. The summed E-state index contributed by atoms with van der Waals surface area (Å²) >= 11 is 0. The molecule has 0 aliphatic heterocycles. The van der Waals surface area contributed by atoms with E-state index in [4.69, 9.17) is 0 Å². The third kappa shape index (κ3) is 1.87. The Morgan fingerprint density at radius 3 is 2.71 bits per heavy atom. The van der Waals surface area contributed by atoms with Crippen LogP contribution >= 0.6 is 0 Å². The molecule has 0 radical (unpaired) electrons. The number of aromatic nitrogens is 4. The quantitative estimate of drug-likeness (QED) is 0.679. The maximum atomic E-state index is 4.14. The van der Waals surface area contributed by atoms with Crippen molar-refractivity contribution >= 4 is 22.5 Å². The second-order valence-electron chi connectivity index (χ2n) is 3.36. The van der Waals surface area contributed by atoms with Crippen molar-refractivity contribution in [3.8, 4) is 0 Å². The molecular formula is C11H8N6. The average Bonchev–Trinajstić information content (AvgIpc) is 2.86. The van der Waals surface area contributed by atoms with Gasteiger partial charge in [0.1, 0.15) is 5.69 Å². The summed E-state index contributed by atoms with van der Waals surface area (Å²) in [5.74, 6) is 0. The first-order valence-corrected chi connectivity index (χ1v) is 5.06. The zero-order chi connectivity index (χ0) is 11.5. The van der Waals surface area contributed by atoms with Gasteiger partial charge < -0.3 is 0 Å². The number of aromatic amines is 1. The van der Waals surface area contributed by atoms with E-state index in [1.807, 2.05) is 30.3 Å². The number of pyridine rings is 1. The van der Waals surface area contributed by atoms with E-state index in [0.29, 0.717) is 16.9 Å². The van der Waals surface area contributed by atoms with Crippen LogP contribution in [0.15, 0.2) is 52.8 Å². The van der Waals surface area contributed by atoms with Crippen molar-refractivity contribution in [2.75, 3.05) is 0 Å². The first kappa shape index (κ1) is 9.59. The highest BCUT2D eigenvalue weighted by Crippen LogP contribution is 2.22. The molecule has 0 saturated carbocycles. The molecule has 0 bridgehead atoms. The van der Waals surface area contributed by atoms with E-state index < -0.39 is 0 Å². The van der Waals surface area contributed by atoms with E-state index in [1.54, 1.807) is 12.3 Å². The van der Waals surface area contributed by atoms with Crippen molar-refractivity contribution in [2.45, 2.75) is 0 Å². The maximum Gasteiger partial charge on any atom is 0.203 e. The molecule has 1 aromatic carbocycles. The molecule has 82 valence electrons. The van der Waals surface area contributed by atoms with E-state index in [-0.39, 0.29) is 0 Å². The molecule has 0 amide bonds. The van der Waals surface area contributed by atoms with E-state index >= 15 is 0 Å². The van der Waals surface area contributed by atoms with Gasteiger partial charge in [-0.15, -0.1) is 10.2 Å². The Hall–Kier alpha value is -2.63. The fourth-order valence-corrected chi connectivity index (χ4v) is 1.43. The lowest BCUT2D eigenvalue weighted by Gasteiger charge is -1.92. The van der Waals surface area contributed by atoms with Crippen LogP contribution in [0.2, 0.25) is 0 Å². The summed E-state index contributed by atoms with van der Waals surface area (Å²) in [4.78, 5) is 4.05. The normalized spacial score (nSPS) is 11.3. The molecule has 2 heterocycles. The average molecular weight is 224 g/mol. The predicted molar refractivity (Wildman–Crippen MR) is 62.3 cm³/mol. The highest BCUT2D eigenvalue weighted by molar-refractivity contribution is 5.81. The second kappa shape index (κ2) is 4.09. The number of nitrogens with one attached hydrogen (secondary N) is 1. The van der Waals surface area contributed by atoms with Crippen LogP contribution in [0.1, 0.15) is 0 Å². The van der Waals surface area contributed by atoms with Crippen LogP contribution in [-0.4, -0.2) is 20.4 Å². The van der Waals surface area contributed by atoms with Gasteiger partial charge >= 0.3 is 0 Å². The molecule has 0 aliphatic rings. The van der Waals surface area contributed by atoms with Crippen LogP contribution in [0.25, 0.3) is 11.2 Å². The number of hydrogen-bond donors (Lipinski definition) is 1. The number of rotatable bonds is 2. The fraction of sp³-hybridized carbons (Fsp3) is 0. The summed E-state index contributed by atoms with van der Waals surface area (Å²) in [6.07, 6.45) is 1.63. The lowest BCUT2D eigenvalue weighted by Crippen LogP contribution is -1.75. The summed E-state index contributed by atoms with van der Waals surface area (Å²) in [5, 5.41) is 18.6. The van der Waals surface area contributed by atoms with Crippen molar-refractivity contribution in [3.05, 3.63) is 42.6 Å². The van der Waals surface area contributed by atoms with Gasteiger partial charge in [-0.05, 0) is 18.2 Å².